The van der Waals surface area contributed by atoms with Crippen molar-refractivity contribution in [2.75, 3.05) is 12.4 Å². The normalized spacial score (nSPS) is 13.1. The molecule has 0 aliphatic carbocycles. The zero-order valence-corrected chi connectivity index (χ0v) is 20.7. The van der Waals surface area contributed by atoms with E-state index in [2.05, 4.69) is 76.4 Å². The number of aromatic nitrogens is 2. The molecule has 8 rings (SSSR count). The number of anilines is 2. The first-order valence-corrected chi connectivity index (χ1v) is 12.4. The number of imidazole rings is 1. The second kappa shape index (κ2) is 7.20. The van der Waals surface area contributed by atoms with Crippen molar-refractivity contribution in [3.63, 3.8) is 0 Å². The summed E-state index contributed by atoms with van der Waals surface area (Å²) in [5.41, 5.74) is 9.40. The molecule has 2 N–H and O–H groups in total. The number of nitrogens with one attached hydrogen (secondary N) is 2. The van der Waals surface area contributed by atoms with Crippen LogP contribution in [0.5, 0.6) is 17.2 Å². The van der Waals surface area contributed by atoms with E-state index < -0.39 is 0 Å². The average molecular weight is 484 g/mol. The molecule has 2 aliphatic rings. The number of hydrogen-bond acceptors (Lipinski definition) is 4. The molecule has 4 aromatic carbocycles. The van der Waals surface area contributed by atoms with Crippen molar-refractivity contribution >= 4 is 56.4 Å². The lowest BCUT2D eigenvalue weighted by atomic mass is 9.34. The molecule has 0 atom stereocenters. The van der Waals surface area contributed by atoms with E-state index >= 15 is 0 Å². The van der Waals surface area contributed by atoms with Gasteiger partial charge in [0.2, 0.25) is 0 Å². The molecule has 4 heterocycles. The van der Waals surface area contributed by atoms with Gasteiger partial charge in [0.1, 0.15) is 40.8 Å². The number of methoxy groups -OCH3 is 1. The predicted molar refractivity (Wildman–Crippen MR) is 147 cm³/mol. The average Bonchev–Trinajstić information content (AvgIpc) is 3.49. The van der Waals surface area contributed by atoms with E-state index in [9.17, 15) is 0 Å². The molecule has 2 aliphatic heterocycles. The highest BCUT2D eigenvalue weighted by atomic mass is 16.5. The van der Waals surface area contributed by atoms with Crippen molar-refractivity contribution in [2.24, 2.45) is 7.05 Å². The summed E-state index contributed by atoms with van der Waals surface area (Å²) in [4.78, 5) is 3.37. The number of benzene rings is 4. The predicted octanol–water partition coefficient (Wildman–Crippen LogP) is 4.40. The number of furan rings is 1. The van der Waals surface area contributed by atoms with Crippen molar-refractivity contribution in [3.8, 4) is 28.6 Å². The quantitative estimate of drug-likeness (QED) is 0.282. The molecule has 0 fully saturated rings. The fourth-order valence-corrected chi connectivity index (χ4v) is 6.13. The fraction of sp³-hybridized carbons (Fsp3) is 0.100. The Bertz CT molecular complexity index is 1920. The largest absolute Gasteiger partial charge is 0.496 e. The summed E-state index contributed by atoms with van der Waals surface area (Å²) in [5.74, 6) is 3.52. The van der Waals surface area contributed by atoms with Crippen LogP contribution < -0.4 is 35.7 Å². The third-order valence-electron chi connectivity index (χ3n) is 7.86. The number of fused-ring (bicyclic) bond motifs is 7. The molecule has 6 aromatic rings. The minimum absolute atomic E-state index is 0.0574. The Morgan fingerprint density at radius 1 is 0.919 bits per heavy atom. The van der Waals surface area contributed by atoms with Crippen molar-refractivity contribution in [2.45, 2.75) is 6.92 Å². The van der Waals surface area contributed by atoms with Gasteiger partial charge in [0.05, 0.1) is 14.2 Å². The number of aromatic amines is 1. The van der Waals surface area contributed by atoms with Crippen LogP contribution in [0.2, 0.25) is 0 Å². The van der Waals surface area contributed by atoms with Gasteiger partial charge < -0.3 is 19.2 Å². The maximum absolute atomic E-state index is 6.67. The second-order valence-electron chi connectivity index (χ2n) is 9.83. The molecule has 0 amide bonds. The van der Waals surface area contributed by atoms with Gasteiger partial charge in [0.15, 0.2) is 5.58 Å². The Kier molecular flexibility index (Phi) is 4.00. The summed E-state index contributed by atoms with van der Waals surface area (Å²) in [6, 6.07) is 21.1. The SMILES string of the molecule is COc1cc2c(oc3cc4c(cc32)Oc2cccc3c2B4c2ccccc2N3)c(-c2[nH]cc[n+]2C)c1C. The first-order chi connectivity index (χ1) is 18.1. The van der Waals surface area contributed by atoms with E-state index in [1.807, 2.05) is 25.5 Å². The molecule has 0 bridgehead atoms. The summed E-state index contributed by atoms with van der Waals surface area (Å²) < 4.78 is 21.1. The maximum Gasteiger partial charge on any atom is 0.290 e. The molecule has 6 nitrogen and oxygen atoms in total. The molecule has 0 saturated carbocycles. The Morgan fingerprint density at radius 3 is 2.62 bits per heavy atom. The second-order valence-corrected chi connectivity index (χ2v) is 9.83. The number of hydrogen-bond donors (Lipinski definition) is 2. The lowest BCUT2D eigenvalue weighted by molar-refractivity contribution is -0.658. The molecular formula is C30H23BN3O3+. The number of rotatable bonds is 2. The van der Waals surface area contributed by atoms with Crippen LogP contribution in [0, 0.1) is 6.92 Å². The summed E-state index contributed by atoms with van der Waals surface area (Å²) in [6.07, 6.45) is 3.93. The molecule has 0 spiro atoms. The molecular weight excluding hydrogens is 461 g/mol. The van der Waals surface area contributed by atoms with Crippen LogP contribution in [-0.4, -0.2) is 18.8 Å². The van der Waals surface area contributed by atoms with Gasteiger partial charge in [-0.05, 0) is 59.7 Å². The van der Waals surface area contributed by atoms with E-state index in [1.165, 1.54) is 10.9 Å². The van der Waals surface area contributed by atoms with Gasteiger partial charge in [0.25, 0.3) is 12.5 Å². The summed E-state index contributed by atoms with van der Waals surface area (Å²) in [6.45, 7) is 2.13. The van der Waals surface area contributed by atoms with Gasteiger partial charge in [-0.3, -0.25) is 0 Å². The smallest absolute Gasteiger partial charge is 0.290 e. The Hall–Kier alpha value is -4.65. The number of H-pyrrole nitrogens is 1. The maximum atomic E-state index is 6.67. The number of ether oxygens (including phenoxy) is 2. The van der Waals surface area contributed by atoms with Gasteiger partial charge in [-0.2, -0.15) is 0 Å². The Labute approximate surface area is 213 Å². The monoisotopic (exact) mass is 484 g/mol. The summed E-state index contributed by atoms with van der Waals surface area (Å²) in [7, 11) is 3.73. The summed E-state index contributed by atoms with van der Waals surface area (Å²) >= 11 is 0. The van der Waals surface area contributed by atoms with Crippen LogP contribution in [0.1, 0.15) is 5.56 Å². The molecule has 37 heavy (non-hydrogen) atoms. The number of nitrogens with zero attached hydrogens (tertiary/aromatic N) is 1. The number of aryl methyl sites for hydroxylation is 1. The first kappa shape index (κ1) is 20.5. The van der Waals surface area contributed by atoms with Crippen molar-refractivity contribution < 1.29 is 18.5 Å². The highest BCUT2D eigenvalue weighted by Gasteiger charge is 2.39. The molecule has 0 saturated heterocycles. The van der Waals surface area contributed by atoms with Gasteiger partial charge in [0, 0.05) is 27.7 Å². The fourth-order valence-electron chi connectivity index (χ4n) is 6.13. The van der Waals surface area contributed by atoms with Crippen LogP contribution in [-0.2, 0) is 7.05 Å². The highest BCUT2D eigenvalue weighted by Crippen LogP contribution is 2.42. The standard InChI is InChI=1S/C30H22BN3O3/c1-16-24(35-3)14-18-17-13-26-20(15-25(17)37-29(18)27(16)30-32-11-12-34(30)2)31-19-7-4-5-8-21(19)33-22-9-6-10-23(36-26)28(22)31/h4-15,33H,1-3H3/p+1. The van der Waals surface area contributed by atoms with Crippen LogP contribution in [0.4, 0.5) is 11.4 Å². The Morgan fingerprint density at radius 2 is 1.78 bits per heavy atom. The first-order valence-electron chi connectivity index (χ1n) is 12.4. The van der Waals surface area contributed by atoms with E-state index in [0.717, 1.165) is 73.0 Å². The Balaban J connectivity index is 1.45. The van der Waals surface area contributed by atoms with Crippen LogP contribution in [0.3, 0.4) is 0 Å². The van der Waals surface area contributed by atoms with Gasteiger partial charge in [-0.25, -0.2) is 9.55 Å². The third-order valence-corrected chi connectivity index (χ3v) is 7.86. The van der Waals surface area contributed by atoms with Gasteiger partial charge in [-0.1, -0.05) is 24.3 Å². The molecule has 0 radical (unpaired) electrons. The topological polar surface area (TPSA) is 63.3 Å². The zero-order valence-electron chi connectivity index (χ0n) is 20.7. The minimum Gasteiger partial charge on any atom is -0.496 e. The van der Waals surface area contributed by atoms with Gasteiger partial charge in [-0.15, -0.1) is 0 Å². The zero-order chi connectivity index (χ0) is 24.8. The van der Waals surface area contributed by atoms with Crippen LogP contribution in [0.25, 0.3) is 33.3 Å². The molecule has 0 unspecified atom stereocenters. The summed E-state index contributed by atoms with van der Waals surface area (Å²) in [5, 5.41) is 5.60. The lowest BCUT2D eigenvalue weighted by Crippen LogP contribution is -2.58. The third kappa shape index (κ3) is 2.68. The van der Waals surface area contributed by atoms with E-state index in [1.54, 1.807) is 7.11 Å². The molecule has 7 heteroatoms. The van der Waals surface area contributed by atoms with E-state index in [4.69, 9.17) is 13.9 Å². The molecule has 2 aromatic heterocycles. The lowest BCUT2D eigenvalue weighted by Gasteiger charge is -2.33. The highest BCUT2D eigenvalue weighted by molar-refractivity contribution is 6.99. The van der Waals surface area contributed by atoms with Crippen molar-refractivity contribution in [3.05, 3.63) is 78.6 Å². The number of para-hydroxylation sites is 1. The van der Waals surface area contributed by atoms with Crippen LogP contribution >= 0.6 is 0 Å². The van der Waals surface area contributed by atoms with E-state index in [-0.39, 0.29) is 6.71 Å². The minimum atomic E-state index is 0.0574. The van der Waals surface area contributed by atoms with Crippen molar-refractivity contribution in [1.82, 2.24) is 4.98 Å². The van der Waals surface area contributed by atoms with Crippen LogP contribution in [0.15, 0.2) is 77.5 Å². The van der Waals surface area contributed by atoms with Gasteiger partial charge >= 0.3 is 0 Å². The van der Waals surface area contributed by atoms with Crippen molar-refractivity contribution in [1.29, 1.82) is 0 Å². The van der Waals surface area contributed by atoms with E-state index in [0.29, 0.717) is 0 Å². The molecule has 178 valence electrons.